The smallest absolute Gasteiger partial charge is 0.236 e. The fourth-order valence-corrected chi connectivity index (χ4v) is 6.26. The molecule has 1 atom stereocenters. The van der Waals surface area contributed by atoms with Gasteiger partial charge in [-0.1, -0.05) is 53.6 Å². The first-order chi connectivity index (χ1) is 16.6. The molecule has 1 amide bonds. The summed E-state index contributed by atoms with van der Waals surface area (Å²) >= 11 is 8.16. The molecular formula is C26H26ClN3O3S. The first kappa shape index (κ1) is 21.9. The molecule has 2 fully saturated rings. The maximum atomic E-state index is 13.4. The number of thiazole rings is 1. The van der Waals surface area contributed by atoms with Crippen molar-refractivity contribution in [2.45, 2.75) is 43.6 Å². The van der Waals surface area contributed by atoms with Crippen molar-refractivity contribution in [1.82, 2.24) is 9.88 Å². The number of nitrogens with zero attached hydrogens (tertiary/aromatic N) is 2. The number of amides is 1. The second-order valence-corrected chi connectivity index (χ2v) is 10.7. The zero-order chi connectivity index (χ0) is 23.1. The predicted octanol–water partition coefficient (Wildman–Crippen LogP) is 5.77. The number of carbonyl (C=O) groups is 1. The van der Waals surface area contributed by atoms with Crippen LogP contribution in [0.2, 0.25) is 5.02 Å². The summed E-state index contributed by atoms with van der Waals surface area (Å²) in [6.45, 7) is 2.29. The standard InChI is InChI=1S/C26H26ClN3O3S/c27-19-7-3-2-6-18(19)23(30-12-4-1-5-13-30)22-15-28-25(34-22)29-24(31)26(10-11-26)17-8-9-20-21(14-17)33-16-32-20/h2-3,6-9,14-15,23H,1,4-5,10-13,16H2,(H,28,29,31)/t23-/m0/s1. The van der Waals surface area contributed by atoms with E-state index in [9.17, 15) is 4.79 Å². The summed E-state index contributed by atoms with van der Waals surface area (Å²) in [6.07, 6.45) is 7.14. The minimum absolute atomic E-state index is 0.0143. The normalized spacial score (nSPS) is 19.6. The third-order valence-corrected chi connectivity index (χ3v) is 8.39. The van der Waals surface area contributed by atoms with Gasteiger partial charge < -0.3 is 14.8 Å². The molecule has 3 aliphatic rings. The second-order valence-electron chi connectivity index (χ2n) is 9.19. The maximum absolute atomic E-state index is 13.4. The number of ether oxygens (including phenoxy) is 2. The van der Waals surface area contributed by atoms with Gasteiger partial charge in [-0.15, -0.1) is 0 Å². The molecule has 3 heterocycles. The molecule has 3 aromatic rings. The molecule has 2 aliphatic heterocycles. The third kappa shape index (κ3) is 3.96. The lowest BCUT2D eigenvalue weighted by molar-refractivity contribution is -0.118. The van der Waals surface area contributed by atoms with Crippen LogP contribution in [-0.4, -0.2) is 35.7 Å². The molecule has 0 radical (unpaired) electrons. The maximum Gasteiger partial charge on any atom is 0.236 e. The lowest BCUT2D eigenvalue weighted by Crippen LogP contribution is -2.34. The third-order valence-electron chi connectivity index (χ3n) is 7.08. The summed E-state index contributed by atoms with van der Waals surface area (Å²) in [6, 6.07) is 13.9. The molecular weight excluding hydrogens is 470 g/mol. The lowest BCUT2D eigenvalue weighted by atomic mass is 9.94. The Hall–Kier alpha value is -2.61. The van der Waals surface area contributed by atoms with E-state index in [1.165, 1.54) is 30.6 Å². The number of anilines is 1. The second kappa shape index (κ2) is 8.87. The largest absolute Gasteiger partial charge is 0.454 e. The first-order valence-corrected chi connectivity index (χ1v) is 13.0. The van der Waals surface area contributed by atoms with Crippen LogP contribution in [0.5, 0.6) is 11.5 Å². The van der Waals surface area contributed by atoms with Gasteiger partial charge in [-0.3, -0.25) is 9.69 Å². The number of likely N-dealkylation sites (tertiary alicyclic amines) is 1. The summed E-state index contributed by atoms with van der Waals surface area (Å²) in [5, 5.41) is 4.49. The van der Waals surface area contributed by atoms with Gasteiger partial charge in [0.2, 0.25) is 12.7 Å². The average Bonchev–Trinajstić information content (AvgIpc) is 3.33. The van der Waals surface area contributed by atoms with Gasteiger partial charge >= 0.3 is 0 Å². The number of piperidine rings is 1. The van der Waals surface area contributed by atoms with Crippen LogP contribution in [-0.2, 0) is 10.2 Å². The van der Waals surface area contributed by atoms with E-state index in [2.05, 4.69) is 21.3 Å². The van der Waals surface area contributed by atoms with Crippen molar-refractivity contribution in [3.63, 3.8) is 0 Å². The summed E-state index contributed by atoms with van der Waals surface area (Å²) in [5.41, 5.74) is 1.53. The Bertz CT molecular complexity index is 1220. The molecule has 1 saturated carbocycles. The quantitative estimate of drug-likeness (QED) is 0.470. The highest BCUT2D eigenvalue weighted by Crippen LogP contribution is 2.51. The van der Waals surface area contributed by atoms with Crippen molar-refractivity contribution >= 4 is 34.0 Å². The van der Waals surface area contributed by atoms with Gasteiger partial charge in [-0.05, 0) is 68.1 Å². The van der Waals surface area contributed by atoms with E-state index in [-0.39, 0.29) is 18.7 Å². The molecule has 1 aliphatic carbocycles. The van der Waals surface area contributed by atoms with Crippen LogP contribution >= 0.6 is 22.9 Å². The number of hydrogen-bond donors (Lipinski definition) is 1. The molecule has 6 rings (SSSR count). The van der Waals surface area contributed by atoms with Crippen LogP contribution in [0.1, 0.15) is 54.1 Å². The van der Waals surface area contributed by atoms with E-state index in [0.29, 0.717) is 10.9 Å². The molecule has 0 bridgehead atoms. The molecule has 34 heavy (non-hydrogen) atoms. The predicted molar refractivity (Wildman–Crippen MR) is 133 cm³/mol. The van der Waals surface area contributed by atoms with Crippen molar-refractivity contribution in [1.29, 1.82) is 0 Å². The summed E-state index contributed by atoms with van der Waals surface area (Å²) < 4.78 is 10.9. The van der Waals surface area contributed by atoms with Crippen molar-refractivity contribution in [2.75, 3.05) is 25.2 Å². The lowest BCUT2D eigenvalue weighted by Gasteiger charge is -2.34. The molecule has 0 spiro atoms. The van der Waals surface area contributed by atoms with Gasteiger partial charge in [0.15, 0.2) is 16.6 Å². The van der Waals surface area contributed by atoms with Gasteiger partial charge in [0.25, 0.3) is 0 Å². The molecule has 1 aromatic heterocycles. The van der Waals surface area contributed by atoms with Crippen molar-refractivity contribution in [2.24, 2.45) is 0 Å². The Labute approximate surface area is 207 Å². The highest BCUT2D eigenvalue weighted by Gasteiger charge is 2.52. The van der Waals surface area contributed by atoms with Crippen LogP contribution in [0.25, 0.3) is 0 Å². The van der Waals surface area contributed by atoms with Crippen LogP contribution in [0, 0.1) is 0 Å². The molecule has 1 saturated heterocycles. The Morgan fingerprint density at radius 2 is 1.88 bits per heavy atom. The van der Waals surface area contributed by atoms with Crippen LogP contribution in [0.3, 0.4) is 0 Å². The molecule has 176 valence electrons. The summed E-state index contributed by atoms with van der Waals surface area (Å²) in [5.74, 6) is 1.42. The number of carbonyl (C=O) groups excluding carboxylic acids is 1. The van der Waals surface area contributed by atoms with Crippen LogP contribution in [0.4, 0.5) is 5.13 Å². The van der Waals surface area contributed by atoms with Gasteiger partial charge in [-0.2, -0.15) is 0 Å². The fraction of sp³-hybridized carbons (Fsp3) is 0.385. The Morgan fingerprint density at radius 3 is 2.68 bits per heavy atom. The van der Waals surface area contributed by atoms with E-state index in [1.54, 1.807) is 0 Å². The van der Waals surface area contributed by atoms with E-state index in [1.807, 2.05) is 42.6 Å². The first-order valence-electron chi connectivity index (χ1n) is 11.8. The van der Waals surface area contributed by atoms with Crippen molar-refractivity contribution < 1.29 is 14.3 Å². The molecule has 8 heteroatoms. The Morgan fingerprint density at radius 1 is 1.09 bits per heavy atom. The highest BCUT2D eigenvalue weighted by molar-refractivity contribution is 7.15. The zero-order valence-corrected chi connectivity index (χ0v) is 20.3. The Balaban J connectivity index is 1.25. The average molecular weight is 496 g/mol. The molecule has 2 aromatic carbocycles. The topological polar surface area (TPSA) is 63.7 Å². The Kier molecular flexibility index (Phi) is 5.71. The van der Waals surface area contributed by atoms with Gasteiger partial charge in [0.05, 0.1) is 11.5 Å². The van der Waals surface area contributed by atoms with E-state index in [4.69, 9.17) is 21.1 Å². The number of rotatable bonds is 6. The SMILES string of the molecule is O=C(Nc1ncc([C@H](c2ccccc2Cl)N2CCCCC2)s1)C1(c2ccc3c(c2)OCO3)CC1. The van der Waals surface area contributed by atoms with E-state index >= 15 is 0 Å². The fourth-order valence-electron chi connectivity index (χ4n) is 5.06. The summed E-state index contributed by atoms with van der Waals surface area (Å²) in [4.78, 5) is 21.5. The minimum atomic E-state index is -0.526. The zero-order valence-electron chi connectivity index (χ0n) is 18.8. The number of aromatic nitrogens is 1. The molecule has 6 nitrogen and oxygen atoms in total. The summed E-state index contributed by atoms with van der Waals surface area (Å²) in [7, 11) is 0. The number of fused-ring (bicyclic) bond motifs is 1. The minimum Gasteiger partial charge on any atom is -0.454 e. The van der Waals surface area contributed by atoms with Gasteiger partial charge in [0, 0.05) is 16.1 Å². The number of hydrogen-bond acceptors (Lipinski definition) is 6. The van der Waals surface area contributed by atoms with Crippen molar-refractivity contribution in [3.8, 4) is 11.5 Å². The molecule has 1 N–H and O–H groups in total. The molecule has 0 unspecified atom stereocenters. The van der Waals surface area contributed by atoms with Crippen LogP contribution in [0.15, 0.2) is 48.7 Å². The number of halogens is 1. The highest BCUT2D eigenvalue weighted by atomic mass is 35.5. The number of nitrogens with one attached hydrogen (secondary N) is 1. The monoisotopic (exact) mass is 495 g/mol. The number of benzene rings is 2. The van der Waals surface area contributed by atoms with Gasteiger partial charge in [0.1, 0.15) is 0 Å². The van der Waals surface area contributed by atoms with Crippen molar-refractivity contribution in [3.05, 3.63) is 69.7 Å². The van der Waals surface area contributed by atoms with E-state index in [0.717, 1.165) is 52.7 Å². The van der Waals surface area contributed by atoms with Crippen LogP contribution < -0.4 is 14.8 Å². The van der Waals surface area contributed by atoms with Gasteiger partial charge in [-0.25, -0.2) is 4.98 Å². The van der Waals surface area contributed by atoms with E-state index < -0.39 is 5.41 Å².